The summed E-state index contributed by atoms with van der Waals surface area (Å²) in [4.78, 5) is 0. The van der Waals surface area contributed by atoms with Crippen molar-refractivity contribution in [1.29, 1.82) is 0 Å². The molecule has 0 saturated carbocycles. The molecule has 1 aromatic carbocycles. The van der Waals surface area contributed by atoms with Crippen LogP contribution in [0.1, 0.15) is 18.7 Å². The molecular weight excluding hydrogens is 292 g/mol. The van der Waals surface area contributed by atoms with E-state index in [0.717, 1.165) is 18.0 Å². The van der Waals surface area contributed by atoms with Gasteiger partial charge in [-0.1, -0.05) is 11.6 Å². The molecule has 0 fully saturated rings. The van der Waals surface area contributed by atoms with Gasteiger partial charge in [0.25, 0.3) is 0 Å². The fraction of sp³-hybridized carbons (Fsp3) is 0.357. The van der Waals surface area contributed by atoms with Gasteiger partial charge in [-0.05, 0) is 31.2 Å². The van der Waals surface area contributed by atoms with Crippen LogP contribution in [0.3, 0.4) is 0 Å². The summed E-state index contributed by atoms with van der Waals surface area (Å²) in [7, 11) is 1.61. The maximum atomic E-state index is 5.85. The molecule has 21 heavy (non-hydrogen) atoms. The van der Waals surface area contributed by atoms with Crippen molar-refractivity contribution in [2.75, 3.05) is 13.7 Å². The molecule has 3 N–H and O–H groups in total. The molecule has 2 rings (SSSR count). The molecule has 1 aromatic heterocycles. The minimum absolute atomic E-state index is 0.238. The van der Waals surface area contributed by atoms with Crippen LogP contribution in [0, 0.1) is 0 Å². The minimum atomic E-state index is -0.238. The Morgan fingerprint density at radius 2 is 2.10 bits per heavy atom. The second-order valence-electron chi connectivity index (χ2n) is 4.40. The van der Waals surface area contributed by atoms with Crippen LogP contribution in [-0.2, 0) is 6.54 Å². The van der Waals surface area contributed by atoms with Crippen molar-refractivity contribution in [2.24, 2.45) is 5.84 Å². The third-order valence-corrected chi connectivity index (χ3v) is 3.38. The summed E-state index contributed by atoms with van der Waals surface area (Å²) < 4.78 is 12.9. The van der Waals surface area contributed by atoms with E-state index in [4.69, 9.17) is 26.9 Å². The molecule has 7 heteroatoms. The van der Waals surface area contributed by atoms with E-state index in [1.807, 2.05) is 23.7 Å². The van der Waals surface area contributed by atoms with Gasteiger partial charge in [0, 0.05) is 11.6 Å². The SMILES string of the molecule is CCn1ncc(OC)c1C(COc1ccc(Cl)cc1)NN. The first-order chi connectivity index (χ1) is 10.2. The number of nitrogens with zero attached hydrogens (tertiary/aromatic N) is 2. The topological polar surface area (TPSA) is 74.3 Å². The van der Waals surface area contributed by atoms with E-state index in [9.17, 15) is 0 Å². The number of nitrogens with one attached hydrogen (secondary N) is 1. The number of benzene rings is 1. The Hall–Kier alpha value is -1.76. The summed E-state index contributed by atoms with van der Waals surface area (Å²) in [5, 5.41) is 4.93. The highest BCUT2D eigenvalue weighted by Crippen LogP contribution is 2.25. The van der Waals surface area contributed by atoms with Crippen LogP contribution in [0.2, 0.25) is 5.02 Å². The summed E-state index contributed by atoms with van der Waals surface area (Å²) in [6, 6.07) is 6.93. The van der Waals surface area contributed by atoms with Crippen LogP contribution in [0.15, 0.2) is 30.5 Å². The lowest BCUT2D eigenvalue weighted by molar-refractivity contribution is 0.255. The van der Waals surface area contributed by atoms with Gasteiger partial charge in [0.05, 0.1) is 13.3 Å². The van der Waals surface area contributed by atoms with E-state index < -0.39 is 0 Å². The molecule has 0 aliphatic carbocycles. The second-order valence-corrected chi connectivity index (χ2v) is 4.83. The molecule has 0 spiro atoms. The highest BCUT2D eigenvalue weighted by Gasteiger charge is 2.21. The monoisotopic (exact) mass is 310 g/mol. The van der Waals surface area contributed by atoms with E-state index in [1.165, 1.54) is 0 Å². The number of nitrogens with two attached hydrogens (primary N) is 1. The highest BCUT2D eigenvalue weighted by atomic mass is 35.5. The molecule has 0 bridgehead atoms. The lowest BCUT2D eigenvalue weighted by atomic mass is 10.2. The van der Waals surface area contributed by atoms with Crippen LogP contribution in [0.5, 0.6) is 11.5 Å². The summed E-state index contributed by atoms with van der Waals surface area (Å²) in [6.07, 6.45) is 1.67. The standard InChI is InChI=1S/C14H19ClN4O2/c1-3-19-14(13(20-2)8-17-19)12(18-16)9-21-11-6-4-10(15)5-7-11/h4-8,12,18H,3,9,16H2,1-2H3. The Morgan fingerprint density at radius 3 is 2.67 bits per heavy atom. The Bertz CT molecular complexity index is 549. The quantitative estimate of drug-likeness (QED) is 0.605. The Labute approximate surface area is 128 Å². The molecule has 1 heterocycles. The van der Waals surface area contributed by atoms with E-state index in [2.05, 4.69) is 10.5 Å². The lowest BCUT2D eigenvalue weighted by Crippen LogP contribution is -2.34. The zero-order valence-electron chi connectivity index (χ0n) is 12.0. The summed E-state index contributed by atoms with van der Waals surface area (Å²) >= 11 is 5.85. The first-order valence-electron chi connectivity index (χ1n) is 6.63. The van der Waals surface area contributed by atoms with Gasteiger partial charge in [0.15, 0.2) is 5.75 Å². The van der Waals surface area contributed by atoms with Gasteiger partial charge < -0.3 is 9.47 Å². The largest absolute Gasteiger partial charge is 0.493 e. The maximum Gasteiger partial charge on any atom is 0.161 e. The molecular formula is C14H19ClN4O2. The van der Waals surface area contributed by atoms with Crippen molar-refractivity contribution >= 4 is 11.6 Å². The third-order valence-electron chi connectivity index (χ3n) is 3.13. The number of ether oxygens (including phenoxy) is 2. The van der Waals surface area contributed by atoms with Gasteiger partial charge >= 0.3 is 0 Å². The Morgan fingerprint density at radius 1 is 1.38 bits per heavy atom. The molecule has 2 aromatic rings. The first kappa shape index (κ1) is 15.6. The average Bonchev–Trinajstić information content (AvgIpc) is 2.93. The summed E-state index contributed by atoms with van der Waals surface area (Å²) in [5.74, 6) is 7.06. The summed E-state index contributed by atoms with van der Waals surface area (Å²) in [6.45, 7) is 3.07. The number of methoxy groups -OCH3 is 1. The zero-order valence-corrected chi connectivity index (χ0v) is 12.8. The Balaban J connectivity index is 2.12. The number of halogens is 1. The fourth-order valence-corrected chi connectivity index (χ4v) is 2.18. The number of hydrogen-bond acceptors (Lipinski definition) is 5. The fourth-order valence-electron chi connectivity index (χ4n) is 2.05. The molecule has 0 amide bonds. The summed E-state index contributed by atoms with van der Waals surface area (Å²) in [5.41, 5.74) is 3.60. The van der Waals surface area contributed by atoms with Crippen molar-refractivity contribution in [2.45, 2.75) is 19.5 Å². The molecule has 0 aliphatic rings. The van der Waals surface area contributed by atoms with Gasteiger partial charge in [-0.3, -0.25) is 10.5 Å². The van der Waals surface area contributed by atoms with Gasteiger partial charge in [0.2, 0.25) is 0 Å². The van der Waals surface area contributed by atoms with Crippen LogP contribution in [-0.4, -0.2) is 23.5 Å². The van der Waals surface area contributed by atoms with Crippen LogP contribution < -0.4 is 20.7 Å². The van der Waals surface area contributed by atoms with Crippen molar-refractivity contribution in [1.82, 2.24) is 15.2 Å². The molecule has 0 aliphatic heterocycles. The highest BCUT2D eigenvalue weighted by molar-refractivity contribution is 6.30. The third kappa shape index (κ3) is 3.66. The van der Waals surface area contributed by atoms with Gasteiger partial charge in [-0.2, -0.15) is 5.10 Å². The van der Waals surface area contributed by atoms with Crippen molar-refractivity contribution in [3.63, 3.8) is 0 Å². The molecule has 0 saturated heterocycles. The molecule has 1 unspecified atom stereocenters. The maximum absolute atomic E-state index is 5.85. The second kappa shape index (κ2) is 7.31. The van der Waals surface area contributed by atoms with Crippen LogP contribution in [0.25, 0.3) is 0 Å². The van der Waals surface area contributed by atoms with Gasteiger partial charge in [0.1, 0.15) is 24.1 Å². The normalized spacial score (nSPS) is 12.2. The number of hydrazine groups is 1. The van der Waals surface area contributed by atoms with E-state index in [0.29, 0.717) is 17.4 Å². The number of aromatic nitrogens is 2. The molecule has 0 radical (unpaired) electrons. The van der Waals surface area contributed by atoms with Crippen molar-refractivity contribution < 1.29 is 9.47 Å². The predicted molar refractivity (Wildman–Crippen MR) is 81.5 cm³/mol. The van der Waals surface area contributed by atoms with Crippen LogP contribution in [0.4, 0.5) is 0 Å². The van der Waals surface area contributed by atoms with Crippen LogP contribution >= 0.6 is 11.6 Å². The lowest BCUT2D eigenvalue weighted by Gasteiger charge is -2.19. The number of hydrogen-bond donors (Lipinski definition) is 2. The van der Waals surface area contributed by atoms with Crippen molar-refractivity contribution in [3.8, 4) is 11.5 Å². The predicted octanol–water partition coefficient (Wildman–Crippen LogP) is 2.15. The minimum Gasteiger partial charge on any atom is -0.493 e. The molecule has 114 valence electrons. The van der Waals surface area contributed by atoms with E-state index in [-0.39, 0.29) is 6.04 Å². The Kier molecular flexibility index (Phi) is 5.44. The van der Waals surface area contributed by atoms with Crippen molar-refractivity contribution in [3.05, 3.63) is 41.2 Å². The zero-order chi connectivity index (χ0) is 15.2. The van der Waals surface area contributed by atoms with Gasteiger partial charge in [-0.15, -0.1) is 0 Å². The van der Waals surface area contributed by atoms with E-state index in [1.54, 1.807) is 25.4 Å². The smallest absolute Gasteiger partial charge is 0.161 e. The molecule has 6 nitrogen and oxygen atoms in total. The van der Waals surface area contributed by atoms with Gasteiger partial charge in [-0.25, -0.2) is 5.43 Å². The number of rotatable bonds is 7. The molecule has 1 atom stereocenters. The average molecular weight is 311 g/mol. The first-order valence-corrected chi connectivity index (χ1v) is 7.01. The van der Waals surface area contributed by atoms with E-state index >= 15 is 0 Å². The number of aryl methyl sites for hydroxylation is 1.